The van der Waals surface area contributed by atoms with Crippen molar-refractivity contribution in [1.29, 1.82) is 0 Å². The molecule has 1 aliphatic carbocycles. The van der Waals surface area contributed by atoms with Gasteiger partial charge in [-0.2, -0.15) is 11.8 Å². The molecule has 3 fully saturated rings. The Labute approximate surface area is 421 Å². The molecule has 2 aliphatic heterocycles. The summed E-state index contributed by atoms with van der Waals surface area (Å²) in [5.41, 5.74) is -4.97. The molecule has 0 bridgehead atoms. The molecule has 5 amide bonds. The topological polar surface area (TPSA) is 330 Å². The lowest BCUT2D eigenvalue weighted by Crippen LogP contribution is -2.71. The van der Waals surface area contributed by atoms with Crippen molar-refractivity contribution in [2.45, 2.75) is 243 Å². The highest BCUT2D eigenvalue weighted by Crippen LogP contribution is 2.34. The van der Waals surface area contributed by atoms with Crippen LogP contribution in [0.3, 0.4) is 0 Å². The van der Waals surface area contributed by atoms with Crippen LogP contribution in [-0.4, -0.2) is 194 Å². The highest BCUT2D eigenvalue weighted by molar-refractivity contribution is 7.99. The number of carbonyl (C=O) groups excluding carboxylic acids is 5. The molecule has 3 rings (SSSR count). The maximum absolute atomic E-state index is 13.6. The van der Waals surface area contributed by atoms with Gasteiger partial charge in [0.25, 0.3) is 0 Å². The molecule has 71 heavy (non-hydrogen) atoms. The number of rotatable bonds is 14. The lowest BCUT2D eigenvalue weighted by Gasteiger charge is -2.50. The van der Waals surface area contributed by atoms with Gasteiger partial charge in [-0.15, -0.1) is 0 Å². The van der Waals surface area contributed by atoms with Crippen LogP contribution in [0.5, 0.6) is 0 Å². The highest BCUT2D eigenvalue weighted by Gasteiger charge is 2.55. The molecule has 2 saturated heterocycles. The summed E-state index contributed by atoms with van der Waals surface area (Å²) >= 11 is 1.42. The predicted molar refractivity (Wildman–Crippen MR) is 256 cm³/mol. The molecule has 10 N–H and O–H groups in total. The molecule has 1 saturated carbocycles. The maximum Gasteiger partial charge on any atom is 0.408 e. The minimum absolute atomic E-state index is 0.164. The van der Waals surface area contributed by atoms with Gasteiger partial charge in [0.15, 0.2) is 12.6 Å². The van der Waals surface area contributed by atoms with Gasteiger partial charge in [0.05, 0.1) is 24.2 Å². The van der Waals surface area contributed by atoms with Crippen molar-refractivity contribution in [2.24, 2.45) is 0 Å². The summed E-state index contributed by atoms with van der Waals surface area (Å²) in [5, 5.41) is 71.8. The number of nitrogens with one attached hydrogen (secondary N) is 5. The average molecular weight is 1040 g/mol. The SMILES string of the molecule is CCCSCC1OC(OC2C(NC(=O)OC(C)(C)C)CC(NC(=O)OC(C)(C)C)C(OC3OC(CNC(=O)OC(C)(C)C)C(O)C(O)C3NC(=O)OC(C)(C)C)C2O)C(O)C(NC(=O)OC(C)(C)C)C1O. The van der Waals surface area contributed by atoms with E-state index in [1.54, 1.807) is 104 Å². The molecule has 2 heterocycles. The molecule has 25 heteroatoms. The normalized spacial score (nSPS) is 31.8. The molecule has 15 atom stereocenters. The van der Waals surface area contributed by atoms with Crippen LogP contribution >= 0.6 is 11.8 Å². The van der Waals surface area contributed by atoms with Crippen molar-refractivity contribution >= 4 is 42.2 Å². The van der Waals surface area contributed by atoms with Crippen LogP contribution in [0.15, 0.2) is 0 Å². The van der Waals surface area contributed by atoms with Crippen LogP contribution in [-0.2, 0) is 42.6 Å². The van der Waals surface area contributed by atoms with Crippen molar-refractivity contribution < 1.29 is 92.1 Å². The van der Waals surface area contributed by atoms with Crippen LogP contribution in [0.2, 0.25) is 0 Å². The van der Waals surface area contributed by atoms with E-state index in [1.807, 2.05) is 6.92 Å². The largest absolute Gasteiger partial charge is 0.444 e. The molecule has 0 aromatic rings. The van der Waals surface area contributed by atoms with Gasteiger partial charge in [-0.25, -0.2) is 24.0 Å². The summed E-state index contributed by atoms with van der Waals surface area (Å²) in [6.07, 6.45) is -23.0. The van der Waals surface area contributed by atoms with Gasteiger partial charge >= 0.3 is 30.5 Å². The molecular formula is C46H83N5O19S. The Hall–Kier alpha value is -3.66. The van der Waals surface area contributed by atoms with Crippen molar-refractivity contribution in [3.63, 3.8) is 0 Å². The van der Waals surface area contributed by atoms with Crippen molar-refractivity contribution in [3.05, 3.63) is 0 Å². The minimum Gasteiger partial charge on any atom is -0.444 e. The fourth-order valence-electron chi connectivity index (χ4n) is 7.52. The van der Waals surface area contributed by atoms with Gasteiger partial charge in [-0.1, -0.05) is 6.92 Å². The van der Waals surface area contributed by atoms with Crippen molar-refractivity contribution in [2.75, 3.05) is 18.1 Å². The standard InChI is InChI=1S/C46H83N5O19S/c1-17-18-71-21-25-28(52)26(50-40(60)69-45(11,12)13)31(55)36(63-25)65-34-23(49-39(59)68-44(8,9)10)19-22(48-38(58)67-43(5,6)7)33(32(34)56)64-35-27(51-41(61)70-46(14,15)16)30(54)29(53)24(62-35)20-47-37(57)66-42(2,3)4/h22-36,52-56H,17-21H2,1-16H3,(H,47,57)(H,48,58)(H,49,59)(H,50,60)(H,51,61). The van der Waals surface area contributed by atoms with Gasteiger partial charge in [-0.05, 0) is 122 Å². The average Bonchev–Trinajstić information content (AvgIpc) is 3.16. The molecular weight excluding hydrogens is 959 g/mol. The number of aliphatic hydroxyl groups is 5. The quantitative estimate of drug-likeness (QED) is 0.0883. The van der Waals surface area contributed by atoms with E-state index in [-0.39, 0.29) is 12.2 Å². The van der Waals surface area contributed by atoms with Crippen LogP contribution in [0.1, 0.15) is 124 Å². The van der Waals surface area contributed by atoms with E-state index >= 15 is 0 Å². The molecule has 3 aliphatic rings. The molecule has 15 unspecified atom stereocenters. The lowest BCUT2D eigenvalue weighted by molar-refractivity contribution is -0.318. The zero-order valence-electron chi connectivity index (χ0n) is 44.1. The third-order valence-corrected chi connectivity index (χ3v) is 11.5. The number of ether oxygens (including phenoxy) is 9. The first kappa shape index (κ1) is 61.6. The maximum atomic E-state index is 13.6. The Kier molecular flexibility index (Phi) is 21.7. The smallest absolute Gasteiger partial charge is 0.408 e. The van der Waals surface area contributed by atoms with Gasteiger partial charge in [-0.3, -0.25) is 0 Å². The summed E-state index contributed by atoms with van der Waals surface area (Å²) in [6, 6.07) is -5.81. The Morgan fingerprint density at radius 1 is 0.493 bits per heavy atom. The van der Waals surface area contributed by atoms with Gasteiger partial charge in [0.1, 0.15) is 82.9 Å². The number of carbonyl (C=O) groups is 5. The minimum atomic E-state index is -2.00. The van der Waals surface area contributed by atoms with E-state index in [1.165, 1.54) is 11.8 Å². The zero-order valence-corrected chi connectivity index (χ0v) is 44.9. The first-order valence-corrected chi connectivity index (χ1v) is 25.1. The Morgan fingerprint density at radius 2 is 0.887 bits per heavy atom. The van der Waals surface area contributed by atoms with Crippen LogP contribution in [0.25, 0.3) is 0 Å². The summed E-state index contributed by atoms with van der Waals surface area (Å²) in [5.74, 6) is 0.827. The van der Waals surface area contributed by atoms with Crippen molar-refractivity contribution in [1.82, 2.24) is 26.6 Å². The van der Waals surface area contributed by atoms with E-state index in [2.05, 4.69) is 26.6 Å². The summed E-state index contributed by atoms with van der Waals surface area (Å²) in [6.45, 7) is 25.7. The second-order valence-electron chi connectivity index (χ2n) is 22.8. The molecule has 0 radical (unpaired) electrons. The predicted octanol–water partition coefficient (Wildman–Crippen LogP) is 2.66. The first-order chi connectivity index (χ1) is 32.4. The fourth-order valence-corrected chi connectivity index (χ4v) is 8.48. The molecule has 0 aromatic heterocycles. The third-order valence-electron chi connectivity index (χ3n) is 10.2. The van der Waals surface area contributed by atoms with E-state index in [0.29, 0.717) is 5.75 Å². The van der Waals surface area contributed by atoms with Crippen LogP contribution in [0.4, 0.5) is 24.0 Å². The van der Waals surface area contributed by atoms with Gasteiger partial charge in [0.2, 0.25) is 0 Å². The van der Waals surface area contributed by atoms with Crippen LogP contribution in [0, 0.1) is 0 Å². The van der Waals surface area contributed by atoms with Gasteiger partial charge < -0.3 is 94.7 Å². The number of alkyl carbamates (subject to hydrolysis) is 5. The number of hydrogen-bond acceptors (Lipinski definition) is 20. The summed E-state index contributed by atoms with van der Waals surface area (Å²) in [7, 11) is 0. The first-order valence-electron chi connectivity index (χ1n) is 23.9. The second-order valence-corrected chi connectivity index (χ2v) is 23.9. The number of amides is 5. The number of aliphatic hydroxyl groups excluding tert-OH is 5. The fraction of sp³-hybridized carbons (Fsp3) is 0.891. The van der Waals surface area contributed by atoms with Crippen LogP contribution < -0.4 is 26.6 Å². The summed E-state index contributed by atoms with van der Waals surface area (Å²) in [4.78, 5) is 66.3. The van der Waals surface area contributed by atoms with E-state index < -0.39 is 157 Å². The Morgan fingerprint density at radius 3 is 1.32 bits per heavy atom. The monoisotopic (exact) mass is 1040 g/mol. The van der Waals surface area contributed by atoms with Gasteiger partial charge in [0, 0.05) is 12.3 Å². The lowest BCUT2D eigenvalue weighted by atomic mass is 9.83. The van der Waals surface area contributed by atoms with E-state index in [4.69, 9.17) is 42.6 Å². The van der Waals surface area contributed by atoms with E-state index in [0.717, 1.165) is 6.42 Å². The molecule has 0 aromatic carbocycles. The number of hydrogen-bond donors (Lipinski definition) is 10. The Balaban J connectivity index is 2.20. The van der Waals surface area contributed by atoms with E-state index in [9.17, 15) is 49.5 Å². The highest BCUT2D eigenvalue weighted by atomic mass is 32.2. The van der Waals surface area contributed by atoms with Crippen molar-refractivity contribution in [3.8, 4) is 0 Å². The zero-order chi connectivity index (χ0) is 54.2. The third kappa shape index (κ3) is 20.6. The molecule has 0 spiro atoms. The number of thioether (sulfide) groups is 1. The summed E-state index contributed by atoms with van der Waals surface area (Å²) < 4.78 is 52.7. The Bertz CT molecular complexity index is 1760. The molecule has 24 nitrogen and oxygen atoms in total. The second kappa shape index (κ2) is 25.0. The molecule has 412 valence electrons.